The highest BCUT2D eigenvalue weighted by molar-refractivity contribution is 7.80. The molecule has 1 rings (SSSR count). The van der Waals surface area contributed by atoms with E-state index < -0.39 is 23.9 Å². The van der Waals surface area contributed by atoms with E-state index in [4.69, 9.17) is 5.11 Å². The zero-order valence-electron chi connectivity index (χ0n) is 10.9. The smallest absolute Gasteiger partial charge is 0.326 e. The van der Waals surface area contributed by atoms with Gasteiger partial charge in [0.1, 0.15) is 6.04 Å². The van der Waals surface area contributed by atoms with Gasteiger partial charge in [-0.15, -0.1) is 0 Å². The Hall–Kier alpha value is -1.24. The van der Waals surface area contributed by atoms with Crippen molar-refractivity contribution in [3.05, 3.63) is 0 Å². The van der Waals surface area contributed by atoms with E-state index in [9.17, 15) is 14.4 Å². The van der Waals surface area contributed by atoms with E-state index in [2.05, 4.69) is 17.4 Å². The second-order valence-electron chi connectivity index (χ2n) is 4.54. The van der Waals surface area contributed by atoms with Crippen LogP contribution in [-0.4, -0.2) is 53.3 Å². The van der Waals surface area contributed by atoms with Crippen molar-refractivity contribution in [2.75, 3.05) is 19.4 Å². The summed E-state index contributed by atoms with van der Waals surface area (Å²) in [4.78, 5) is 36.1. The molecule has 0 aromatic rings. The van der Waals surface area contributed by atoms with Gasteiger partial charge in [-0.2, -0.15) is 12.6 Å². The van der Waals surface area contributed by atoms with E-state index in [1.54, 1.807) is 0 Å². The van der Waals surface area contributed by atoms with Gasteiger partial charge < -0.3 is 14.7 Å². The van der Waals surface area contributed by atoms with Crippen LogP contribution in [0.5, 0.6) is 0 Å². The zero-order valence-corrected chi connectivity index (χ0v) is 11.8. The lowest BCUT2D eigenvalue weighted by atomic mass is 9.98. The van der Waals surface area contributed by atoms with Crippen molar-refractivity contribution in [3.8, 4) is 0 Å². The van der Waals surface area contributed by atoms with Crippen molar-refractivity contribution in [1.29, 1.82) is 0 Å². The summed E-state index contributed by atoms with van der Waals surface area (Å²) in [6, 6.07) is -0.790. The molecular weight excluding hydrogens is 270 g/mol. The number of thiol groups is 1. The number of piperidine rings is 1. The SMILES string of the molecule is COC(=O)CC(CS)C(=O)N1CCCCC1C(=O)O. The van der Waals surface area contributed by atoms with Gasteiger partial charge in [0.25, 0.3) is 0 Å². The average Bonchev–Trinajstić information content (AvgIpc) is 2.43. The topological polar surface area (TPSA) is 83.9 Å². The molecule has 108 valence electrons. The van der Waals surface area contributed by atoms with Gasteiger partial charge in [-0.25, -0.2) is 4.79 Å². The van der Waals surface area contributed by atoms with Crippen LogP contribution in [-0.2, 0) is 19.1 Å². The Balaban J connectivity index is 2.76. The van der Waals surface area contributed by atoms with Crippen LogP contribution in [0.25, 0.3) is 0 Å². The summed E-state index contributed by atoms with van der Waals surface area (Å²) < 4.78 is 4.53. The molecule has 0 aromatic carbocycles. The molecule has 0 bridgehead atoms. The van der Waals surface area contributed by atoms with Crippen LogP contribution >= 0.6 is 12.6 Å². The van der Waals surface area contributed by atoms with Gasteiger partial charge in [0.05, 0.1) is 19.4 Å². The lowest BCUT2D eigenvalue weighted by Gasteiger charge is -2.35. The van der Waals surface area contributed by atoms with Crippen LogP contribution in [0.2, 0.25) is 0 Å². The van der Waals surface area contributed by atoms with Gasteiger partial charge >= 0.3 is 11.9 Å². The van der Waals surface area contributed by atoms with E-state index in [1.807, 2.05) is 0 Å². The summed E-state index contributed by atoms with van der Waals surface area (Å²) in [6.45, 7) is 0.418. The third-order valence-electron chi connectivity index (χ3n) is 3.28. The molecule has 6 nitrogen and oxygen atoms in total. The molecule has 0 saturated carbocycles. The van der Waals surface area contributed by atoms with Crippen molar-refractivity contribution in [2.24, 2.45) is 5.92 Å². The maximum Gasteiger partial charge on any atom is 0.326 e. The lowest BCUT2D eigenvalue weighted by Crippen LogP contribution is -2.50. The molecule has 1 N–H and O–H groups in total. The number of esters is 1. The van der Waals surface area contributed by atoms with E-state index >= 15 is 0 Å². The minimum absolute atomic E-state index is 0.0678. The van der Waals surface area contributed by atoms with Crippen molar-refractivity contribution in [2.45, 2.75) is 31.7 Å². The average molecular weight is 289 g/mol. The van der Waals surface area contributed by atoms with Gasteiger partial charge in [0.15, 0.2) is 0 Å². The third kappa shape index (κ3) is 4.12. The summed E-state index contributed by atoms with van der Waals surface area (Å²) in [5.41, 5.74) is 0. The van der Waals surface area contributed by atoms with Crippen LogP contribution in [0, 0.1) is 5.92 Å². The fraction of sp³-hybridized carbons (Fsp3) is 0.750. The van der Waals surface area contributed by atoms with Gasteiger partial charge in [0, 0.05) is 12.3 Å². The van der Waals surface area contributed by atoms with Crippen molar-refractivity contribution in [3.63, 3.8) is 0 Å². The summed E-state index contributed by atoms with van der Waals surface area (Å²) in [5.74, 6) is -2.25. The van der Waals surface area contributed by atoms with Crippen LogP contribution < -0.4 is 0 Å². The molecule has 7 heteroatoms. The fourth-order valence-electron chi connectivity index (χ4n) is 2.20. The largest absolute Gasteiger partial charge is 0.480 e. The molecule has 0 aliphatic carbocycles. The number of carbonyl (C=O) groups is 3. The van der Waals surface area contributed by atoms with Crippen LogP contribution in [0.15, 0.2) is 0 Å². The van der Waals surface area contributed by atoms with Crippen LogP contribution in [0.3, 0.4) is 0 Å². The molecule has 1 heterocycles. The number of carboxylic acid groups (broad SMARTS) is 1. The fourth-order valence-corrected chi connectivity index (χ4v) is 2.49. The lowest BCUT2D eigenvalue weighted by molar-refractivity contribution is -0.155. The Morgan fingerprint density at radius 1 is 1.42 bits per heavy atom. The normalized spacial score (nSPS) is 20.7. The molecular formula is C12H19NO5S. The number of methoxy groups -OCH3 is 1. The standard InChI is InChI=1S/C12H19NO5S/c1-18-10(14)6-8(7-19)11(15)13-5-3-2-4-9(13)12(16)17/h8-9,19H,2-7H2,1H3,(H,16,17). The van der Waals surface area contributed by atoms with Crippen molar-refractivity contribution in [1.82, 2.24) is 4.90 Å². The number of nitrogens with zero attached hydrogens (tertiary/aromatic N) is 1. The third-order valence-corrected chi connectivity index (χ3v) is 3.72. The predicted octanol–water partition coefficient (Wildman–Crippen LogP) is 0.561. The number of hydrogen-bond acceptors (Lipinski definition) is 5. The highest BCUT2D eigenvalue weighted by atomic mass is 32.1. The summed E-state index contributed by atoms with van der Waals surface area (Å²) in [6.07, 6.45) is 1.97. The predicted molar refractivity (Wildman–Crippen MR) is 71.0 cm³/mol. The van der Waals surface area contributed by atoms with E-state index in [0.717, 1.165) is 12.8 Å². The van der Waals surface area contributed by atoms with E-state index in [-0.39, 0.29) is 18.1 Å². The molecule has 1 amide bonds. The maximum atomic E-state index is 12.3. The number of likely N-dealkylation sites (tertiary alicyclic amines) is 1. The summed E-state index contributed by atoms with van der Waals surface area (Å²) in [5, 5.41) is 9.14. The molecule has 1 fully saturated rings. The molecule has 1 aliphatic heterocycles. The second-order valence-corrected chi connectivity index (χ2v) is 4.91. The Morgan fingerprint density at radius 2 is 2.11 bits per heavy atom. The van der Waals surface area contributed by atoms with E-state index in [1.165, 1.54) is 12.0 Å². The first kappa shape index (κ1) is 15.8. The Kier molecular flexibility index (Phi) is 6.14. The molecule has 2 unspecified atom stereocenters. The zero-order chi connectivity index (χ0) is 14.4. The first-order chi connectivity index (χ1) is 9.01. The number of carbonyl (C=O) groups excluding carboxylic acids is 2. The van der Waals surface area contributed by atoms with E-state index in [0.29, 0.717) is 13.0 Å². The number of aliphatic carboxylic acids is 1. The highest BCUT2D eigenvalue weighted by Crippen LogP contribution is 2.21. The molecule has 19 heavy (non-hydrogen) atoms. The number of amides is 1. The molecule has 0 spiro atoms. The quantitative estimate of drug-likeness (QED) is 0.571. The minimum atomic E-state index is -0.996. The number of rotatable bonds is 5. The van der Waals surface area contributed by atoms with Gasteiger partial charge in [-0.1, -0.05) is 0 Å². The first-order valence-corrected chi connectivity index (χ1v) is 6.85. The number of hydrogen-bond donors (Lipinski definition) is 2. The number of ether oxygens (including phenoxy) is 1. The first-order valence-electron chi connectivity index (χ1n) is 6.22. The Bertz CT molecular complexity index is 360. The van der Waals surface area contributed by atoms with Crippen LogP contribution in [0.1, 0.15) is 25.7 Å². The molecule has 1 saturated heterocycles. The van der Waals surface area contributed by atoms with Gasteiger partial charge in [-0.05, 0) is 19.3 Å². The Morgan fingerprint density at radius 3 is 2.63 bits per heavy atom. The minimum Gasteiger partial charge on any atom is -0.480 e. The second kappa shape index (κ2) is 7.37. The Labute approximate surface area is 117 Å². The monoisotopic (exact) mass is 289 g/mol. The van der Waals surface area contributed by atoms with Gasteiger partial charge in [0.2, 0.25) is 5.91 Å². The summed E-state index contributed by atoms with van der Waals surface area (Å²) in [7, 11) is 1.25. The van der Waals surface area contributed by atoms with Crippen LogP contribution in [0.4, 0.5) is 0 Å². The number of carboxylic acids is 1. The van der Waals surface area contributed by atoms with Crippen molar-refractivity contribution >= 4 is 30.5 Å². The van der Waals surface area contributed by atoms with Crippen molar-refractivity contribution < 1.29 is 24.2 Å². The maximum absolute atomic E-state index is 12.3. The molecule has 1 aliphatic rings. The molecule has 0 radical (unpaired) electrons. The molecule has 0 aromatic heterocycles. The highest BCUT2D eigenvalue weighted by Gasteiger charge is 2.35. The summed E-state index contributed by atoms with van der Waals surface area (Å²) >= 11 is 4.07. The van der Waals surface area contributed by atoms with Gasteiger partial charge in [-0.3, -0.25) is 9.59 Å². The molecule has 2 atom stereocenters.